The Hall–Kier alpha value is -3.29. The molecule has 2 aliphatic heterocycles. The lowest BCUT2D eigenvalue weighted by molar-refractivity contribution is -0.151. The van der Waals surface area contributed by atoms with Crippen LogP contribution in [-0.4, -0.2) is 30.6 Å². The number of benzene rings is 1. The van der Waals surface area contributed by atoms with Gasteiger partial charge in [-0.15, -0.1) is 0 Å². The first-order valence-electron chi connectivity index (χ1n) is 8.66. The van der Waals surface area contributed by atoms with Crippen molar-refractivity contribution in [1.82, 2.24) is 5.32 Å². The van der Waals surface area contributed by atoms with Crippen LogP contribution in [0.4, 0.5) is 0 Å². The SMILES string of the molecule is COC(=O)C1=C(N)Oc2ccccc2C12C(=O)NC(C)=C2C(=O)OC(C)(C)C. The number of carbonyl (C=O) groups is 3. The molecule has 1 aromatic carbocycles. The maximum absolute atomic E-state index is 13.3. The second kappa shape index (κ2) is 6.40. The van der Waals surface area contributed by atoms with E-state index in [0.29, 0.717) is 5.56 Å². The smallest absolute Gasteiger partial charge is 0.340 e. The molecular weight excluding hydrogens is 364 g/mol. The summed E-state index contributed by atoms with van der Waals surface area (Å²) in [5.41, 5.74) is 3.66. The summed E-state index contributed by atoms with van der Waals surface area (Å²) in [6.07, 6.45) is 0. The number of methoxy groups -OCH3 is 1. The normalized spacial score (nSPS) is 21.2. The van der Waals surface area contributed by atoms with E-state index in [-0.39, 0.29) is 28.5 Å². The number of esters is 2. The molecule has 3 rings (SSSR count). The molecule has 0 radical (unpaired) electrons. The zero-order valence-electron chi connectivity index (χ0n) is 16.3. The molecule has 0 bridgehead atoms. The quantitative estimate of drug-likeness (QED) is 0.738. The molecule has 3 N–H and O–H groups in total. The van der Waals surface area contributed by atoms with Gasteiger partial charge in [-0.2, -0.15) is 0 Å². The molecule has 1 unspecified atom stereocenters. The van der Waals surface area contributed by atoms with Crippen LogP contribution in [0, 0.1) is 0 Å². The van der Waals surface area contributed by atoms with Gasteiger partial charge < -0.3 is 25.3 Å². The lowest BCUT2D eigenvalue weighted by Crippen LogP contribution is -2.49. The number of hydrogen-bond donors (Lipinski definition) is 2. The van der Waals surface area contributed by atoms with E-state index in [4.69, 9.17) is 19.9 Å². The maximum Gasteiger partial charge on any atom is 0.340 e. The van der Waals surface area contributed by atoms with E-state index in [1.54, 1.807) is 52.0 Å². The van der Waals surface area contributed by atoms with Gasteiger partial charge >= 0.3 is 11.9 Å². The number of nitrogens with two attached hydrogens (primary N) is 1. The molecule has 1 spiro atoms. The Bertz CT molecular complexity index is 954. The maximum atomic E-state index is 13.3. The van der Waals surface area contributed by atoms with E-state index in [0.717, 1.165) is 7.11 Å². The van der Waals surface area contributed by atoms with Crippen molar-refractivity contribution in [3.63, 3.8) is 0 Å². The summed E-state index contributed by atoms with van der Waals surface area (Å²) in [6, 6.07) is 6.58. The van der Waals surface area contributed by atoms with Crippen LogP contribution < -0.4 is 15.8 Å². The van der Waals surface area contributed by atoms with Crippen LogP contribution in [0.15, 0.2) is 47.0 Å². The molecule has 2 heterocycles. The van der Waals surface area contributed by atoms with Crippen molar-refractivity contribution in [2.45, 2.75) is 38.7 Å². The van der Waals surface area contributed by atoms with E-state index >= 15 is 0 Å². The zero-order valence-corrected chi connectivity index (χ0v) is 16.3. The first-order valence-corrected chi connectivity index (χ1v) is 8.66. The largest absolute Gasteiger partial charge is 0.465 e. The molecule has 28 heavy (non-hydrogen) atoms. The molecule has 1 amide bonds. The molecule has 8 heteroatoms. The van der Waals surface area contributed by atoms with Gasteiger partial charge in [0.15, 0.2) is 0 Å². The second-order valence-electron chi connectivity index (χ2n) is 7.54. The second-order valence-corrected chi connectivity index (χ2v) is 7.54. The van der Waals surface area contributed by atoms with Crippen molar-refractivity contribution in [3.8, 4) is 5.75 Å². The van der Waals surface area contributed by atoms with E-state index in [2.05, 4.69) is 5.32 Å². The number of amides is 1. The third-order valence-corrected chi connectivity index (χ3v) is 4.52. The van der Waals surface area contributed by atoms with Crippen molar-refractivity contribution in [2.75, 3.05) is 7.11 Å². The van der Waals surface area contributed by atoms with Crippen molar-refractivity contribution in [2.24, 2.45) is 5.73 Å². The van der Waals surface area contributed by atoms with Gasteiger partial charge in [0.1, 0.15) is 22.3 Å². The van der Waals surface area contributed by atoms with Gasteiger partial charge in [-0.3, -0.25) is 4.79 Å². The molecule has 148 valence electrons. The average molecular weight is 386 g/mol. The average Bonchev–Trinajstić information content (AvgIpc) is 2.84. The molecule has 0 aromatic heterocycles. The Kier molecular flexibility index (Phi) is 4.45. The number of nitrogens with one attached hydrogen (secondary N) is 1. The minimum atomic E-state index is -1.83. The van der Waals surface area contributed by atoms with Crippen molar-refractivity contribution in [1.29, 1.82) is 0 Å². The zero-order chi connectivity index (χ0) is 20.9. The molecule has 8 nitrogen and oxygen atoms in total. The highest BCUT2D eigenvalue weighted by Crippen LogP contribution is 2.51. The van der Waals surface area contributed by atoms with E-state index in [1.165, 1.54) is 0 Å². The third kappa shape index (κ3) is 2.72. The minimum Gasteiger partial charge on any atom is -0.465 e. The summed E-state index contributed by atoms with van der Waals surface area (Å²) in [5, 5.41) is 2.65. The molecule has 0 fully saturated rings. The Morgan fingerprint density at radius 1 is 1.14 bits per heavy atom. The number of ether oxygens (including phenoxy) is 3. The summed E-state index contributed by atoms with van der Waals surface area (Å²) >= 11 is 0. The number of fused-ring (bicyclic) bond motifs is 2. The molecule has 1 aromatic rings. The summed E-state index contributed by atoms with van der Waals surface area (Å²) in [6.45, 7) is 6.69. The molecule has 0 saturated heterocycles. The highest BCUT2D eigenvalue weighted by atomic mass is 16.6. The van der Waals surface area contributed by atoms with E-state index in [9.17, 15) is 14.4 Å². The highest BCUT2D eigenvalue weighted by Gasteiger charge is 2.61. The van der Waals surface area contributed by atoms with Crippen molar-refractivity contribution in [3.05, 3.63) is 52.6 Å². The van der Waals surface area contributed by atoms with Gasteiger partial charge in [-0.1, -0.05) is 18.2 Å². The summed E-state index contributed by atoms with van der Waals surface area (Å²) in [7, 11) is 1.16. The predicted molar refractivity (Wildman–Crippen MR) is 98.7 cm³/mol. The van der Waals surface area contributed by atoms with Gasteiger partial charge in [-0.05, 0) is 33.8 Å². The summed E-state index contributed by atoms with van der Waals surface area (Å²) in [4.78, 5) is 39.1. The fraction of sp³-hybridized carbons (Fsp3) is 0.350. The first-order chi connectivity index (χ1) is 13.0. The summed E-state index contributed by atoms with van der Waals surface area (Å²) < 4.78 is 16.0. The number of hydrogen-bond acceptors (Lipinski definition) is 7. The highest BCUT2D eigenvalue weighted by molar-refractivity contribution is 6.17. The Morgan fingerprint density at radius 3 is 2.39 bits per heavy atom. The van der Waals surface area contributed by atoms with Crippen LogP contribution in [0.1, 0.15) is 33.3 Å². The fourth-order valence-corrected chi connectivity index (χ4v) is 3.56. The van der Waals surface area contributed by atoms with Crippen LogP contribution in [0.25, 0.3) is 0 Å². The van der Waals surface area contributed by atoms with Crippen LogP contribution in [-0.2, 0) is 29.3 Å². The molecular formula is C20H22N2O6. The van der Waals surface area contributed by atoms with Crippen molar-refractivity contribution < 1.29 is 28.6 Å². The van der Waals surface area contributed by atoms with Crippen LogP contribution in [0.2, 0.25) is 0 Å². The van der Waals surface area contributed by atoms with Gasteiger partial charge in [-0.25, -0.2) is 9.59 Å². The van der Waals surface area contributed by atoms with Crippen LogP contribution in [0.3, 0.4) is 0 Å². The lowest BCUT2D eigenvalue weighted by Gasteiger charge is -2.36. The minimum absolute atomic E-state index is 0.0217. The van der Waals surface area contributed by atoms with Gasteiger partial charge in [0.2, 0.25) is 11.8 Å². The Morgan fingerprint density at radius 2 is 1.79 bits per heavy atom. The monoisotopic (exact) mass is 386 g/mol. The fourth-order valence-electron chi connectivity index (χ4n) is 3.56. The summed E-state index contributed by atoms with van der Waals surface area (Å²) in [5.74, 6) is -2.27. The lowest BCUT2D eigenvalue weighted by atomic mass is 9.67. The van der Waals surface area contributed by atoms with Crippen molar-refractivity contribution >= 4 is 17.8 Å². The van der Waals surface area contributed by atoms with Gasteiger partial charge in [0.25, 0.3) is 0 Å². The van der Waals surface area contributed by atoms with E-state index in [1.807, 2.05) is 0 Å². The predicted octanol–water partition coefficient (Wildman–Crippen LogP) is 1.41. The van der Waals surface area contributed by atoms with Crippen LogP contribution >= 0.6 is 0 Å². The van der Waals surface area contributed by atoms with E-state index < -0.39 is 28.9 Å². The van der Waals surface area contributed by atoms with Gasteiger partial charge in [0, 0.05) is 11.3 Å². The number of allylic oxidation sites excluding steroid dienone is 1. The third-order valence-electron chi connectivity index (χ3n) is 4.52. The molecule has 0 aliphatic carbocycles. The standard InChI is InChI=1S/C20H22N2O6/c1-10-13(17(24)28-19(2,3)4)20(18(25)22-10)11-8-6-7-9-12(11)27-15(21)14(20)16(23)26-5/h6-9H,21H2,1-5H3,(H,22,25). The first kappa shape index (κ1) is 19.5. The molecule has 2 aliphatic rings. The Balaban J connectivity index is 2.37. The van der Waals surface area contributed by atoms with Crippen LogP contribution in [0.5, 0.6) is 5.75 Å². The number of para-hydroxylation sites is 1. The number of rotatable bonds is 2. The topological polar surface area (TPSA) is 117 Å². The Labute approximate surface area is 162 Å². The van der Waals surface area contributed by atoms with Gasteiger partial charge in [0.05, 0.1) is 12.7 Å². The molecule has 1 atom stereocenters. The number of carbonyl (C=O) groups excluding carboxylic acids is 3. The molecule has 0 saturated carbocycles.